The Morgan fingerprint density at radius 3 is 2.58 bits per heavy atom. The van der Waals surface area contributed by atoms with Crippen LogP contribution < -0.4 is 10.6 Å². The molecule has 19 heavy (non-hydrogen) atoms. The summed E-state index contributed by atoms with van der Waals surface area (Å²) >= 11 is 0. The topological polar surface area (TPSA) is 41.1 Å². The molecule has 106 valence electrons. The van der Waals surface area contributed by atoms with Crippen LogP contribution in [0.25, 0.3) is 0 Å². The molecule has 3 nitrogen and oxygen atoms in total. The monoisotopic (exact) mass is 282 g/mol. The summed E-state index contributed by atoms with van der Waals surface area (Å²) in [4.78, 5) is 12.3. The number of nitrogens with one attached hydrogen (secondary N) is 2. The molecule has 1 aromatic rings. The van der Waals surface area contributed by atoms with Crippen LogP contribution in [0.15, 0.2) is 24.3 Å². The van der Waals surface area contributed by atoms with E-state index in [0.29, 0.717) is 6.54 Å². The standard InChI is InChI=1S/C15H22N2O.ClH/c1-3-15(9-4-10-17-15)14(18)16-11-13-7-5-12(2)6-8-13;/h5-8,17H,3-4,9-11H2,1-2H3,(H,16,18);1H. The van der Waals surface area contributed by atoms with Crippen LogP contribution in [0.3, 0.4) is 0 Å². The number of carbonyl (C=O) groups excluding carboxylic acids is 1. The average molecular weight is 283 g/mol. The van der Waals surface area contributed by atoms with E-state index < -0.39 is 0 Å². The molecule has 1 amide bonds. The molecule has 1 aromatic carbocycles. The second kappa shape index (κ2) is 6.92. The number of hydrogen-bond acceptors (Lipinski definition) is 2. The first kappa shape index (κ1) is 16.0. The van der Waals surface area contributed by atoms with Gasteiger partial charge in [0.25, 0.3) is 0 Å². The molecule has 2 N–H and O–H groups in total. The van der Waals surface area contributed by atoms with Crippen molar-refractivity contribution in [3.05, 3.63) is 35.4 Å². The molecule has 0 aliphatic carbocycles. The number of rotatable bonds is 4. The Morgan fingerprint density at radius 1 is 1.37 bits per heavy atom. The van der Waals surface area contributed by atoms with E-state index in [-0.39, 0.29) is 23.9 Å². The average Bonchev–Trinajstić information content (AvgIpc) is 2.88. The van der Waals surface area contributed by atoms with Gasteiger partial charge in [0, 0.05) is 6.54 Å². The Balaban J connectivity index is 0.00000180. The zero-order chi connectivity index (χ0) is 13.0. The second-order valence-corrected chi connectivity index (χ2v) is 5.13. The van der Waals surface area contributed by atoms with Gasteiger partial charge in [-0.1, -0.05) is 36.8 Å². The van der Waals surface area contributed by atoms with E-state index in [1.54, 1.807) is 0 Å². The van der Waals surface area contributed by atoms with Gasteiger partial charge in [-0.3, -0.25) is 4.79 Å². The van der Waals surface area contributed by atoms with E-state index in [0.717, 1.165) is 31.4 Å². The fourth-order valence-corrected chi connectivity index (χ4v) is 2.52. The Labute approximate surface area is 121 Å². The minimum Gasteiger partial charge on any atom is -0.350 e. The number of halogens is 1. The number of hydrogen-bond donors (Lipinski definition) is 2. The molecule has 1 aliphatic rings. The van der Waals surface area contributed by atoms with Crippen LogP contribution in [0.5, 0.6) is 0 Å². The minimum absolute atomic E-state index is 0. The van der Waals surface area contributed by atoms with E-state index in [2.05, 4.69) is 48.7 Å². The third-order valence-corrected chi connectivity index (χ3v) is 3.86. The first-order valence-corrected chi connectivity index (χ1v) is 6.75. The molecule has 1 atom stereocenters. The summed E-state index contributed by atoms with van der Waals surface area (Å²) in [7, 11) is 0. The Morgan fingerprint density at radius 2 is 2.05 bits per heavy atom. The summed E-state index contributed by atoms with van der Waals surface area (Å²) in [5.41, 5.74) is 2.07. The molecule has 2 rings (SSSR count). The molecular formula is C15H23ClN2O. The maximum absolute atomic E-state index is 12.3. The van der Waals surface area contributed by atoms with Crippen molar-refractivity contribution in [3.63, 3.8) is 0 Å². The molecule has 1 unspecified atom stereocenters. The number of carbonyl (C=O) groups is 1. The van der Waals surface area contributed by atoms with Gasteiger partial charge >= 0.3 is 0 Å². The van der Waals surface area contributed by atoms with Gasteiger partial charge in [0.05, 0.1) is 5.54 Å². The van der Waals surface area contributed by atoms with E-state index in [4.69, 9.17) is 0 Å². The van der Waals surface area contributed by atoms with Gasteiger partial charge in [-0.25, -0.2) is 0 Å². The van der Waals surface area contributed by atoms with Gasteiger partial charge in [0.1, 0.15) is 0 Å². The van der Waals surface area contributed by atoms with E-state index in [9.17, 15) is 4.79 Å². The fourth-order valence-electron chi connectivity index (χ4n) is 2.52. The number of benzene rings is 1. The van der Waals surface area contributed by atoms with Gasteiger partial charge in [-0.05, 0) is 38.3 Å². The molecule has 1 aliphatic heterocycles. The Hall–Kier alpha value is -1.06. The maximum atomic E-state index is 12.3. The lowest BCUT2D eigenvalue weighted by Crippen LogP contribution is -2.52. The van der Waals surface area contributed by atoms with Crippen molar-refractivity contribution < 1.29 is 4.79 Å². The molecule has 0 spiro atoms. The van der Waals surface area contributed by atoms with Crippen molar-refractivity contribution >= 4 is 18.3 Å². The van der Waals surface area contributed by atoms with E-state index in [1.165, 1.54) is 5.56 Å². The molecule has 1 heterocycles. The summed E-state index contributed by atoms with van der Waals surface area (Å²) in [6.45, 7) is 5.70. The normalized spacial score (nSPS) is 21.8. The highest BCUT2D eigenvalue weighted by Gasteiger charge is 2.38. The molecular weight excluding hydrogens is 260 g/mol. The molecule has 0 aromatic heterocycles. The highest BCUT2D eigenvalue weighted by molar-refractivity contribution is 5.86. The first-order chi connectivity index (χ1) is 8.66. The van der Waals surface area contributed by atoms with Crippen LogP contribution in [0.4, 0.5) is 0 Å². The second-order valence-electron chi connectivity index (χ2n) is 5.13. The van der Waals surface area contributed by atoms with Crippen LogP contribution in [0.2, 0.25) is 0 Å². The molecule has 0 saturated carbocycles. The molecule has 4 heteroatoms. The van der Waals surface area contributed by atoms with Gasteiger partial charge in [0.2, 0.25) is 5.91 Å². The van der Waals surface area contributed by atoms with Crippen LogP contribution in [-0.2, 0) is 11.3 Å². The van der Waals surface area contributed by atoms with Gasteiger partial charge in [-0.15, -0.1) is 12.4 Å². The van der Waals surface area contributed by atoms with Crippen molar-refractivity contribution in [2.24, 2.45) is 0 Å². The minimum atomic E-state index is -0.329. The van der Waals surface area contributed by atoms with Crippen LogP contribution in [-0.4, -0.2) is 18.0 Å². The number of aryl methyl sites for hydroxylation is 1. The Bertz CT molecular complexity index is 411. The lowest BCUT2D eigenvalue weighted by molar-refractivity contribution is -0.127. The largest absolute Gasteiger partial charge is 0.350 e. The van der Waals surface area contributed by atoms with Crippen molar-refractivity contribution in [1.29, 1.82) is 0 Å². The molecule has 1 saturated heterocycles. The van der Waals surface area contributed by atoms with Crippen LogP contribution in [0, 0.1) is 6.92 Å². The molecule has 1 fully saturated rings. The summed E-state index contributed by atoms with van der Waals surface area (Å²) < 4.78 is 0. The number of amides is 1. The third kappa shape index (κ3) is 3.71. The zero-order valence-electron chi connectivity index (χ0n) is 11.7. The quantitative estimate of drug-likeness (QED) is 0.891. The van der Waals surface area contributed by atoms with Crippen LogP contribution >= 0.6 is 12.4 Å². The van der Waals surface area contributed by atoms with E-state index >= 15 is 0 Å². The van der Waals surface area contributed by atoms with Gasteiger partial charge in [-0.2, -0.15) is 0 Å². The van der Waals surface area contributed by atoms with Crippen molar-refractivity contribution in [2.75, 3.05) is 6.54 Å². The van der Waals surface area contributed by atoms with Gasteiger partial charge in [0.15, 0.2) is 0 Å². The van der Waals surface area contributed by atoms with Crippen LogP contribution in [0.1, 0.15) is 37.3 Å². The Kier molecular flexibility index (Phi) is 5.83. The highest BCUT2D eigenvalue weighted by atomic mass is 35.5. The fraction of sp³-hybridized carbons (Fsp3) is 0.533. The maximum Gasteiger partial charge on any atom is 0.240 e. The summed E-state index contributed by atoms with van der Waals surface area (Å²) in [5, 5.41) is 6.40. The molecule has 0 bridgehead atoms. The lowest BCUT2D eigenvalue weighted by Gasteiger charge is -2.26. The predicted molar refractivity (Wildman–Crippen MR) is 80.5 cm³/mol. The van der Waals surface area contributed by atoms with Crippen molar-refractivity contribution in [2.45, 2.75) is 45.2 Å². The SMILES string of the molecule is CCC1(C(=O)NCc2ccc(C)cc2)CCCN1.Cl. The predicted octanol–water partition coefficient (Wildman–Crippen LogP) is 2.57. The first-order valence-electron chi connectivity index (χ1n) is 6.75. The lowest BCUT2D eigenvalue weighted by atomic mass is 9.93. The molecule has 0 radical (unpaired) electrons. The summed E-state index contributed by atoms with van der Waals surface area (Å²) in [5.74, 6) is 0.142. The smallest absolute Gasteiger partial charge is 0.240 e. The van der Waals surface area contributed by atoms with Crippen molar-refractivity contribution in [3.8, 4) is 0 Å². The third-order valence-electron chi connectivity index (χ3n) is 3.86. The van der Waals surface area contributed by atoms with Crippen molar-refractivity contribution in [1.82, 2.24) is 10.6 Å². The van der Waals surface area contributed by atoms with E-state index in [1.807, 2.05) is 0 Å². The summed E-state index contributed by atoms with van der Waals surface area (Å²) in [6.07, 6.45) is 2.89. The summed E-state index contributed by atoms with van der Waals surface area (Å²) in [6, 6.07) is 8.28. The van der Waals surface area contributed by atoms with Gasteiger partial charge < -0.3 is 10.6 Å². The highest BCUT2D eigenvalue weighted by Crippen LogP contribution is 2.23. The zero-order valence-corrected chi connectivity index (χ0v) is 12.5.